The third-order valence-corrected chi connectivity index (χ3v) is 3.64. The van der Waals surface area contributed by atoms with E-state index in [0.29, 0.717) is 10.6 Å². The number of carbonyl (C=O) groups is 1. The second kappa shape index (κ2) is 7.04. The number of rotatable bonds is 4. The maximum atomic E-state index is 12.7. The molecular weight excluding hydrogens is 327 g/mol. The molecule has 0 unspecified atom stereocenters. The van der Waals surface area contributed by atoms with E-state index in [1.165, 1.54) is 12.1 Å². The summed E-state index contributed by atoms with van der Waals surface area (Å²) in [5.41, 5.74) is 0.482. The Morgan fingerprint density at radius 1 is 1.17 bits per heavy atom. The van der Waals surface area contributed by atoms with Gasteiger partial charge in [-0.05, 0) is 48.4 Å². The number of halogens is 4. The van der Waals surface area contributed by atoms with Gasteiger partial charge in [0.1, 0.15) is 0 Å². The van der Waals surface area contributed by atoms with Gasteiger partial charge in [0, 0.05) is 16.3 Å². The van der Waals surface area contributed by atoms with Crippen molar-refractivity contribution < 1.29 is 18.0 Å². The largest absolute Gasteiger partial charge is 0.416 e. The molecule has 122 valence electrons. The summed E-state index contributed by atoms with van der Waals surface area (Å²) in [5, 5.41) is 3.05. The highest BCUT2D eigenvalue weighted by atomic mass is 35.5. The van der Waals surface area contributed by atoms with Crippen LogP contribution in [0, 0.1) is 0 Å². The molecule has 0 bridgehead atoms. The van der Waals surface area contributed by atoms with Crippen LogP contribution in [0.2, 0.25) is 5.02 Å². The maximum absolute atomic E-state index is 12.7. The van der Waals surface area contributed by atoms with E-state index in [2.05, 4.69) is 5.32 Å². The number of benzene rings is 2. The van der Waals surface area contributed by atoms with E-state index >= 15 is 0 Å². The Labute approximate surface area is 137 Å². The summed E-state index contributed by atoms with van der Waals surface area (Å²) in [6.07, 6.45) is -2.85. The van der Waals surface area contributed by atoms with Gasteiger partial charge in [0.05, 0.1) is 5.56 Å². The van der Waals surface area contributed by atoms with E-state index in [0.717, 1.165) is 30.5 Å². The number of hydrogen-bond donors (Lipinski definition) is 1. The summed E-state index contributed by atoms with van der Waals surface area (Å²) in [5.74, 6) is -0.474. The molecule has 0 saturated carbocycles. The van der Waals surface area contributed by atoms with Crippen molar-refractivity contribution in [2.45, 2.75) is 25.9 Å². The number of anilines is 1. The fourth-order valence-electron chi connectivity index (χ4n) is 2.15. The molecule has 0 atom stereocenters. The van der Waals surface area contributed by atoms with Crippen molar-refractivity contribution in [2.75, 3.05) is 5.32 Å². The summed E-state index contributed by atoms with van der Waals surface area (Å²) in [7, 11) is 0. The summed E-state index contributed by atoms with van der Waals surface area (Å²) in [4.78, 5) is 12.2. The number of hydrogen-bond acceptors (Lipinski definition) is 1. The lowest BCUT2D eigenvalue weighted by atomic mass is 10.1. The molecule has 0 aliphatic carbocycles. The Morgan fingerprint density at radius 2 is 1.91 bits per heavy atom. The molecule has 6 heteroatoms. The van der Waals surface area contributed by atoms with Gasteiger partial charge in [0.25, 0.3) is 5.91 Å². The average Bonchev–Trinajstić information content (AvgIpc) is 2.49. The molecule has 0 spiro atoms. The highest BCUT2D eigenvalue weighted by Crippen LogP contribution is 2.30. The predicted molar refractivity (Wildman–Crippen MR) is 84.8 cm³/mol. The van der Waals surface area contributed by atoms with Gasteiger partial charge < -0.3 is 5.32 Å². The van der Waals surface area contributed by atoms with E-state index in [9.17, 15) is 18.0 Å². The Hall–Kier alpha value is -2.01. The van der Waals surface area contributed by atoms with E-state index in [4.69, 9.17) is 11.6 Å². The van der Waals surface area contributed by atoms with Gasteiger partial charge in [-0.2, -0.15) is 13.2 Å². The summed E-state index contributed by atoms with van der Waals surface area (Å²) >= 11 is 6.05. The Balaban J connectivity index is 2.21. The van der Waals surface area contributed by atoms with Crippen LogP contribution in [-0.2, 0) is 12.6 Å². The first-order valence-electron chi connectivity index (χ1n) is 7.08. The van der Waals surface area contributed by atoms with Gasteiger partial charge in [-0.3, -0.25) is 4.79 Å². The normalized spacial score (nSPS) is 11.3. The molecule has 0 heterocycles. The van der Waals surface area contributed by atoms with Crippen LogP contribution in [0.1, 0.15) is 34.8 Å². The molecule has 1 N–H and O–H groups in total. The molecular formula is C17H15ClF3NO. The SMILES string of the molecule is CCCc1cc(C(=O)Nc2cccc(C(F)(F)F)c2)ccc1Cl. The molecule has 2 rings (SSSR count). The third-order valence-electron chi connectivity index (χ3n) is 3.28. The molecule has 0 saturated heterocycles. The predicted octanol–water partition coefficient (Wildman–Crippen LogP) is 5.56. The smallest absolute Gasteiger partial charge is 0.322 e. The molecule has 0 aliphatic rings. The lowest BCUT2D eigenvalue weighted by molar-refractivity contribution is -0.137. The van der Waals surface area contributed by atoms with Crippen LogP contribution in [0.15, 0.2) is 42.5 Å². The van der Waals surface area contributed by atoms with Crippen LogP contribution in [0.25, 0.3) is 0 Å². The second-order valence-electron chi connectivity index (χ2n) is 5.09. The Kier molecular flexibility index (Phi) is 5.31. The van der Waals surface area contributed by atoms with Crippen LogP contribution in [0.3, 0.4) is 0 Å². The zero-order chi connectivity index (χ0) is 17.0. The first kappa shape index (κ1) is 17.3. The van der Waals surface area contributed by atoms with E-state index in [-0.39, 0.29) is 5.69 Å². The quantitative estimate of drug-likeness (QED) is 0.774. The molecule has 0 aromatic heterocycles. The van der Waals surface area contributed by atoms with E-state index in [1.54, 1.807) is 18.2 Å². The van der Waals surface area contributed by atoms with Gasteiger partial charge in [-0.1, -0.05) is 31.0 Å². The minimum atomic E-state index is -4.45. The van der Waals surface area contributed by atoms with Crippen LogP contribution >= 0.6 is 11.6 Å². The number of alkyl halides is 3. The van der Waals surface area contributed by atoms with Crippen molar-refractivity contribution >= 4 is 23.2 Å². The van der Waals surface area contributed by atoms with Gasteiger partial charge >= 0.3 is 6.18 Å². The van der Waals surface area contributed by atoms with E-state index < -0.39 is 17.6 Å². The molecule has 0 aliphatic heterocycles. The molecule has 0 fully saturated rings. The Morgan fingerprint density at radius 3 is 2.57 bits per heavy atom. The molecule has 0 radical (unpaired) electrons. The lowest BCUT2D eigenvalue weighted by Gasteiger charge is -2.11. The first-order chi connectivity index (χ1) is 10.8. The van der Waals surface area contributed by atoms with Crippen molar-refractivity contribution in [1.29, 1.82) is 0 Å². The van der Waals surface area contributed by atoms with Crippen LogP contribution in [0.5, 0.6) is 0 Å². The number of aryl methyl sites for hydroxylation is 1. The minimum absolute atomic E-state index is 0.0943. The fourth-order valence-corrected chi connectivity index (χ4v) is 2.37. The van der Waals surface area contributed by atoms with Crippen LogP contribution in [0.4, 0.5) is 18.9 Å². The topological polar surface area (TPSA) is 29.1 Å². The van der Waals surface area contributed by atoms with Crippen LogP contribution < -0.4 is 5.32 Å². The zero-order valence-electron chi connectivity index (χ0n) is 12.4. The highest BCUT2D eigenvalue weighted by molar-refractivity contribution is 6.31. The first-order valence-corrected chi connectivity index (χ1v) is 7.46. The average molecular weight is 342 g/mol. The summed E-state index contributed by atoms with van der Waals surface area (Å²) in [6.45, 7) is 1.99. The van der Waals surface area contributed by atoms with E-state index in [1.807, 2.05) is 6.92 Å². The van der Waals surface area contributed by atoms with Crippen molar-refractivity contribution in [2.24, 2.45) is 0 Å². The van der Waals surface area contributed by atoms with Crippen LogP contribution in [-0.4, -0.2) is 5.91 Å². The molecule has 2 aromatic rings. The van der Waals surface area contributed by atoms with Crippen molar-refractivity contribution in [3.63, 3.8) is 0 Å². The maximum Gasteiger partial charge on any atom is 0.416 e. The zero-order valence-corrected chi connectivity index (χ0v) is 13.1. The van der Waals surface area contributed by atoms with Gasteiger partial charge in [-0.25, -0.2) is 0 Å². The van der Waals surface area contributed by atoms with Crippen molar-refractivity contribution in [1.82, 2.24) is 0 Å². The van der Waals surface area contributed by atoms with Gasteiger partial charge in [0.2, 0.25) is 0 Å². The number of amides is 1. The molecule has 2 aromatic carbocycles. The Bertz CT molecular complexity index is 713. The monoisotopic (exact) mass is 341 g/mol. The number of nitrogens with one attached hydrogen (secondary N) is 1. The lowest BCUT2D eigenvalue weighted by Crippen LogP contribution is -2.13. The van der Waals surface area contributed by atoms with Crippen molar-refractivity contribution in [3.8, 4) is 0 Å². The molecule has 2 nitrogen and oxygen atoms in total. The van der Waals surface area contributed by atoms with Gasteiger partial charge in [0.15, 0.2) is 0 Å². The number of carbonyl (C=O) groups excluding carboxylic acids is 1. The highest BCUT2D eigenvalue weighted by Gasteiger charge is 2.30. The minimum Gasteiger partial charge on any atom is -0.322 e. The summed E-state index contributed by atoms with van der Waals surface area (Å²) < 4.78 is 38.0. The summed E-state index contributed by atoms with van der Waals surface area (Å²) in [6, 6.07) is 9.35. The standard InChI is InChI=1S/C17H15ClF3NO/c1-2-4-11-9-12(7-8-15(11)18)16(23)22-14-6-3-5-13(10-14)17(19,20)21/h3,5-10H,2,4H2,1H3,(H,22,23). The van der Waals surface area contributed by atoms with Crippen molar-refractivity contribution in [3.05, 3.63) is 64.2 Å². The fraction of sp³-hybridized carbons (Fsp3) is 0.235. The second-order valence-corrected chi connectivity index (χ2v) is 5.50. The molecule has 1 amide bonds. The third kappa shape index (κ3) is 4.48. The molecule has 23 heavy (non-hydrogen) atoms. The van der Waals surface area contributed by atoms with Gasteiger partial charge in [-0.15, -0.1) is 0 Å².